The molecule has 0 aliphatic heterocycles. The molecule has 0 saturated carbocycles. The number of thiazole rings is 1. The van der Waals surface area contributed by atoms with Gasteiger partial charge in [0.05, 0.1) is 12.3 Å². The predicted molar refractivity (Wildman–Crippen MR) is 117 cm³/mol. The van der Waals surface area contributed by atoms with E-state index in [0.717, 1.165) is 22.6 Å². The highest BCUT2D eigenvalue weighted by Gasteiger charge is 2.15. The first kappa shape index (κ1) is 21.2. The number of aryl methyl sites for hydroxylation is 1. The average molecular weight is 421 g/mol. The fourth-order valence-corrected chi connectivity index (χ4v) is 3.52. The third kappa shape index (κ3) is 5.31. The van der Waals surface area contributed by atoms with Crippen LogP contribution in [0.1, 0.15) is 23.8 Å². The maximum absolute atomic E-state index is 13.1. The maximum atomic E-state index is 13.1. The Kier molecular flexibility index (Phi) is 6.94. The second-order valence-corrected chi connectivity index (χ2v) is 7.68. The number of anilines is 1. The van der Waals surface area contributed by atoms with Crippen LogP contribution in [0.3, 0.4) is 0 Å². The highest BCUT2D eigenvalue weighted by Crippen LogP contribution is 2.30. The zero-order chi connectivity index (χ0) is 21.5. The Morgan fingerprint density at radius 1 is 1.23 bits per heavy atom. The van der Waals surface area contributed by atoms with Crippen LogP contribution in [0.4, 0.5) is 9.52 Å². The second-order valence-electron chi connectivity index (χ2n) is 6.47. The van der Waals surface area contributed by atoms with Gasteiger partial charge in [0.25, 0.3) is 5.91 Å². The number of amides is 1. The number of carbonyl (C=O) groups is 1. The van der Waals surface area contributed by atoms with Crippen LogP contribution in [-0.4, -0.2) is 17.5 Å². The second kappa shape index (κ2) is 9.81. The fraction of sp³-hybridized carbons (Fsp3) is 0.174. The summed E-state index contributed by atoms with van der Waals surface area (Å²) < 4.78 is 18.7. The number of nitriles is 1. The Bertz CT molecular complexity index is 1100. The van der Waals surface area contributed by atoms with Crippen LogP contribution in [0.5, 0.6) is 5.75 Å². The molecule has 0 fully saturated rings. The van der Waals surface area contributed by atoms with Gasteiger partial charge in [-0.1, -0.05) is 19.1 Å². The summed E-state index contributed by atoms with van der Waals surface area (Å²) in [5, 5.41) is 12.5. The molecule has 1 N–H and O–H groups in total. The Balaban J connectivity index is 1.74. The van der Waals surface area contributed by atoms with Crippen LogP contribution in [-0.2, 0) is 4.79 Å². The van der Waals surface area contributed by atoms with E-state index in [1.165, 1.54) is 29.5 Å². The molecule has 30 heavy (non-hydrogen) atoms. The lowest BCUT2D eigenvalue weighted by molar-refractivity contribution is -0.112. The van der Waals surface area contributed by atoms with Crippen molar-refractivity contribution in [2.24, 2.45) is 0 Å². The number of nitrogens with zero attached hydrogens (tertiary/aromatic N) is 2. The molecule has 7 heteroatoms. The normalized spacial score (nSPS) is 11.1. The van der Waals surface area contributed by atoms with E-state index in [2.05, 4.69) is 10.3 Å². The van der Waals surface area contributed by atoms with E-state index >= 15 is 0 Å². The molecular formula is C23H20FN3O2S. The molecule has 5 nitrogen and oxygen atoms in total. The van der Waals surface area contributed by atoms with Gasteiger partial charge in [0.2, 0.25) is 0 Å². The number of halogens is 1. The Morgan fingerprint density at radius 3 is 2.57 bits per heavy atom. The monoisotopic (exact) mass is 421 g/mol. The third-order valence-corrected chi connectivity index (χ3v) is 5.05. The molecule has 2 aromatic carbocycles. The lowest BCUT2D eigenvalue weighted by atomic mass is 10.1. The number of nitrogens with one attached hydrogen (secondary N) is 1. The number of ether oxygens (including phenoxy) is 1. The van der Waals surface area contributed by atoms with Gasteiger partial charge in [0.15, 0.2) is 5.13 Å². The van der Waals surface area contributed by atoms with E-state index in [1.54, 1.807) is 36.4 Å². The summed E-state index contributed by atoms with van der Waals surface area (Å²) in [7, 11) is 0. The number of carbonyl (C=O) groups excluding carboxylic acids is 1. The Morgan fingerprint density at radius 2 is 1.93 bits per heavy atom. The van der Waals surface area contributed by atoms with Gasteiger partial charge in [-0.3, -0.25) is 10.1 Å². The minimum absolute atomic E-state index is 0.0339. The molecule has 3 rings (SSSR count). The smallest absolute Gasteiger partial charge is 0.268 e. The molecule has 0 unspecified atom stereocenters. The molecule has 0 radical (unpaired) electrons. The minimum atomic E-state index is -0.539. The number of benzene rings is 2. The van der Waals surface area contributed by atoms with Crippen LogP contribution in [0.2, 0.25) is 0 Å². The van der Waals surface area contributed by atoms with Crippen molar-refractivity contribution >= 4 is 28.5 Å². The number of aromatic nitrogens is 1. The van der Waals surface area contributed by atoms with Gasteiger partial charge in [-0.15, -0.1) is 11.3 Å². The largest absolute Gasteiger partial charge is 0.494 e. The van der Waals surface area contributed by atoms with Crippen molar-refractivity contribution in [2.75, 3.05) is 11.9 Å². The van der Waals surface area contributed by atoms with Crippen molar-refractivity contribution in [1.82, 2.24) is 4.98 Å². The molecule has 0 bridgehead atoms. The first-order valence-electron chi connectivity index (χ1n) is 9.39. The Labute approximate surface area is 178 Å². The van der Waals surface area contributed by atoms with Gasteiger partial charge in [-0.25, -0.2) is 9.37 Å². The molecule has 3 aromatic rings. The zero-order valence-electron chi connectivity index (χ0n) is 16.6. The summed E-state index contributed by atoms with van der Waals surface area (Å²) in [6.45, 7) is 4.53. The first-order valence-corrected chi connectivity index (χ1v) is 10.2. The quantitative estimate of drug-likeness (QED) is 0.398. The average Bonchev–Trinajstić information content (AvgIpc) is 3.11. The molecule has 0 saturated heterocycles. The fourth-order valence-electron chi connectivity index (χ4n) is 2.69. The van der Waals surface area contributed by atoms with Crippen molar-refractivity contribution in [3.05, 3.63) is 70.4 Å². The third-order valence-electron chi connectivity index (χ3n) is 4.16. The number of hydrogen-bond acceptors (Lipinski definition) is 5. The van der Waals surface area contributed by atoms with Crippen molar-refractivity contribution in [1.29, 1.82) is 5.26 Å². The molecule has 0 aliphatic rings. The van der Waals surface area contributed by atoms with E-state index < -0.39 is 5.91 Å². The molecule has 0 spiro atoms. The van der Waals surface area contributed by atoms with Crippen molar-refractivity contribution < 1.29 is 13.9 Å². The minimum Gasteiger partial charge on any atom is -0.494 e. The highest BCUT2D eigenvalue weighted by atomic mass is 32.1. The number of rotatable bonds is 7. The van der Waals surface area contributed by atoms with E-state index in [-0.39, 0.29) is 11.4 Å². The van der Waals surface area contributed by atoms with Gasteiger partial charge in [0.1, 0.15) is 23.2 Å². The Hall–Kier alpha value is -3.50. The van der Waals surface area contributed by atoms with Crippen molar-refractivity contribution in [3.63, 3.8) is 0 Å². The lowest BCUT2D eigenvalue weighted by Gasteiger charge is -2.04. The lowest BCUT2D eigenvalue weighted by Crippen LogP contribution is -2.13. The number of hydrogen-bond donors (Lipinski definition) is 1. The molecule has 0 atom stereocenters. The van der Waals surface area contributed by atoms with Gasteiger partial charge >= 0.3 is 0 Å². The van der Waals surface area contributed by atoms with Gasteiger partial charge < -0.3 is 4.74 Å². The topological polar surface area (TPSA) is 75.0 Å². The van der Waals surface area contributed by atoms with Crippen LogP contribution < -0.4 is 10.1 Å². The van der Waals surface area contributed by atoms with E-state index in [1.807, 2.05) is 19.9 Å². The van der Waals surface area contributed by atoms with Gasteiger partial charge in [-0.2, -0.15) is 5.26 Å². The van der Waals surface area contributed by atoms with E-state index in [4.69, 9.17) is 4.74 Å². The molecule has 0 aliphatic carbocycles. The van der Waals surface area contributed by atoms with E-state index in [9.17, 15) is 14.4 Å². The highest BCUT2D eigenvalue weighted by molar-refractivity contribution is 7.16. The van der Waals surface area contributed by atoms with Crippen LogP contribution in [0, 0.1) is 24.1 Å². The summed E-state index contributed by atoms with van der Waals surface area (Å²) >= 11 is 1.30. The predicted octanol–water partition coefficient (Wildman–Crippen LogP) is 5.59. The van der Waals surface area contributed by atoms with Crippen molar-refractivity contribution in [2.45, 2.75) is 20.3 Å². The van der Waals surface area contributed by atoms with Crippen LogP contribution >= 0.6 is 11.3 Å². The van der Waals surface area contributed by atoms with E-state index in [0.29, 0.717) is 23.0 Å². The summed E-state index contributed by atoms with van der Waals surface area (Å²) in [5.74, 6) is -0.124. The summed E-state index contributed by atoms with van der Waals surface area (Å²) in [6, 6.07) is 15.1. The molecule has 152 valence electrons. The molecule has 1 amide bonds. The molecular weight excluding hydrogens is 401 g/mol. The van der Waals surface area contributed by atoms with Crippen molar-refractivity contribution in [3.8, 4) is 23.1 Å². The zero-order valence-corrected chi connectivity index (χ0v) is 17.4. The summed E-state index contributed by atoms with van der Waals surface area (Å²) in [5.41, 5.74) is 2.11. The summed E-state index contributed by atoms with van der Waals surface area (Å²) in [4.78, 5) is 17.8. The van der Waals surface area contributed by atoms with Gasteiger partial charge in [0, 0.05) is 10.4 Å². The standard InChI is InChI=1S/C23H20FN3O2S/c1-3-12-29-20-10-4-16(5-11-20)13-18(14-25)22(28)27-23-26-21(15(2)30-23)17-6-8-19(24)9-7-17/h4-11,13H,3,12H2,1-2H3,(H,26,27,28)/b18-13+. The SMILES string of the molecule is CCCOc1ccc(/C=C(\C#N)C(=O)Nc2nc(-c3ccc(F)cc3)c(C)s2)cc1. The molecule has 1 aromatic heterocycles. The van der Waals surface area contributed by atoms with Gasteiger partial charge in [-0.05, 0) is 61.4 Å². The van der Waals surface area contributed by atoms with Crippen LogP contribution in [0.15, 0.2) is 54.1 Å². The van der Waals surface area contributed by atoms with Crippen LogP contribution in [0.25, 0.3) is 17.3 Å². The first-order chi connectivity index (χ1) is 14.5. The molecule has 1 heterocycles. The maximum Gasteiger partial charge on any atom is 0.268 e. The summed E-state index contributed by atoms with van der Waals surface area (Å²) in [6.07, 6.45) is 2.43.